The molecule has 24 nitrogen and oxygen atoms in total. The first-order valence-corrected chi connectivity index (χ1v) is 48.0. The lowest BCUT2D eigenvalue weighted by Crippen LogP contribution is -2.37. The van der Waals surface area contributed by atoms with Crippen molar-refractivity contribution >= 4 is 97.1 Å². The monoisotopic (exact) mass is 1970 g/mol. The molecule has 0 saturated carbocycles. The molecule has 37 heteroatoms. The van der Waals surface area contributed by atoms with E-state index < -0.39 is 71.2 Å². The van der Waals surface area contributed by atoms with E-state index in [0.29, 0.717) is 148 Å². The Morgan fingerprint density at radius 1 is 0.376 bits per heavy atom. The van der Waals surface area contributed by atoms with Crippen molar-refractivity contribution in [3.8, 4) is 0 Å². The van der Waals surface area contributed by atoms with Crippen molar-refractivity contribution in [1.29, 1.82) is 0 Å². The number of alkyl halides is 12. The third kappa shape index (κ3) is 26.0. The molecular formula is C104H110F12N16O8S. The van der Waals surface area contributed by atoms with Gasteiger partial charge < -0.3 is 24.2 Å². The number of nitrogens with zero attached hydrogens (tertiary/aromatic N) is 16. The number of hydrogen-bond donors (Lipinski definition) is 0. The zero-order valence-electron chi connectivity index (χ0n) is 78.7. The lowest BCUT2D eigenvalue weighted by Gasteiger charge is -2.24. The normalized spacial score (nSPS) is 14.8. The van der Waals surface area contributed by atoms with Crippen molar-refractivity contribution in [1.82, 2.24) is 53.5 Å². The van der Waals surface area contributed by atoms with E-state index in [1.54, 1.807) is 98.0 Å². The molecule has 4 amide bonds. The van der Waals surface area contributed by atoms with Crippen molar-refractivity contribution < 1.29 is 91.0 Å². The fraction of sp³-hybridized carbons (Fsp3) is 0.404. The molecule has 17 rings (SSSR count). The number of carbonyl (C=O) groups excluding carboxylic acids is 8. The number of para-hydroxylation sites is 4. The van der Waals surface area contributed by atoms with Crippen molar-refractivity contribution in [2.45, 2.75) is 212 Å². The van der Waals surface area contributed by atoms with Gasteiger partial charge in [0, 0.05) is 188 Å². The Bertz CT molecular complexity index is 6450. The molecule has 0 bridgehead atoms. The fourth-order valence-electron chi connectivity index (χ4n) is 19.2. The van der Waals surface area contributed by atoms with Gasteiger partial charge in [-0.15, -0.1) is 11.3 Å². The third-order valence-corrected chi connectivity index (χ3v) is 27.3. The molecule has 4 aliphatic carbocycles. The minimum Gasteiger partial charge on any atom is -0.354 e. The summed E-state index contributed by atoms with van der Waals surface area (Å²) in [7, 11) is 8.51. The molecule has 5 aromatic carbocycles. The zero-order chi connectivity index (χ0) is 101. The van der Waals surface area contributed by atoms with Gasteiger partial charge >= 0.3 is 24.7 Å². The van der Waals surface area contributed by atoms with Crippen LogP contribution in [0.25, 0.3) is 10.1 Å². The van der Waals surface area contributed by atoms with Gasteiger partial charge in [0.2, 0.25) is 23.6 Å². The van der Waals surface area contributed by atoms with E-state index in [0.717, 1.165) is 52.7 Å². The maximum absolute atomic E-state index is 13.7. The molecule has 0 N–H and O–H groups in total. The van der Waals surface area contributed by atoms with Crippen LogP contribution in [0.1, 0.15) is 169 Å². The van der Waals surface area contributed by atoms with Crippen LogP contribution in [0.5, 0.6) is 0 Å². The van der Waals surface area contributed by atoms with Gasteiger partial charge in [-0.25, -0.2) is 0 Å². The SMILES string of the molecule is CN(C(=O)[C@@H](CC(=O)Cn1nc(C(F)(F)F)c2c1CCCC2)CC1=CCC=N1)c1ccccc1.CN(C(=O)[C@@H](CC(=O)Cn1nc(C(F)(F)F)c2c1CCCC2)Cc1cccn1C)c1ccccc1.CN(C(=O)[C@@H](CC(=O)Cn1nc(C(F)(F)F)c2c1CCCC2)Cc1csc2ccccc12)c1ccccc1.CN(C(=O)[C@@H](CC(=O)Cn1nc(C(F)(F)F)c2c1CCCC2)Cn1cccn1)c1ccccc1. The Labute approximate surface area is 811 Å². The molecule has 12 aromatic rings. The minimum absolute atomic E-state index is 0.0861. The van der Waals surface area contributed by atoms with Crippen LogP contribution in [0, 0.1) is 23.7 Å². The average Bonchev–Trinajstić information content (AvgIpc) is 1.64. The summed E-state index contributed by atoms with van der Waals surface area (Å²) < 4.78 is 172. The summed E-state index contributed by atoms with van der Waals surface area (Å²) in [6, 6.07) is 49.9. The number of rotatable bonds is 32. The van der Waals surface area contributed by atoms with E-state index in [-0.39, 0.29) is 127 Å². The molecule has 7 aromatic heterocycles. The molecule has 0 saturated heterocycles. The van der Waals surface area contributed by atoms with E-state index >= 15 is 0 Å². The Hall–Kier alpha value is -13.5. The van der Waals surface area contributed by atoms with Crippen molar-refractivity contribution in [3.05, 3.63) is 279 Å². The summed E-state index contributed by atoms with van der Waals surface area (Å²) in [6.45, 7) is -0.943. The number of aromatic nitrogens is 11. The first kappa shape index (κ1) is 103. The van der Waals surface area contributed by atoms with Gasteiger partial charge in [-0.2, -0.15) is 78.2 Å². The van der Waals surface area contributed by atoms with Gasteiger partial charge in [-0.3, -0.25) is 66.8 Å². The molecule has 5 aliphatic rings. The summed E-state index contributed by atoms with van der Waals surface area (Å²) in [5, 5.41) is 22.4. The molecular weight excluding hydrogens is 1860 g/mol. The van der Waals surface area contributed by atoms with Gasteiger partial charge in [0.1, 0.15) is 0 Å². The Morgan fingerprint density at radius 3 is 1.03 bits per heavy atom. The van der Waals surface area contributed by atoms with Gasteiger partial charge in [0.15, 0.2) is 45.9 Å². The quantitative estimate of drug-likeness (QED) is 0.0356. The second kappa shape index (κ2) is 45.8. The molecule has 4 atom stereocenters. The molecule has 0 radical (unpaired) electrons. The van der Waals surface area contributed by atoms with E-state index in [1.165, 1.54) is 33.4 Å². The number of hydrogen-bond acceptors (Lipinski definition) is 15. The maximum Gasteiger partial charge on any atom is 0.435 e. The van der Waals surface area contributed by atoms with Crippen LogP contribution in [0.4, 0.5) is 75.4 Å². The van der Waals surface area contributed by atoms with Gasteiger partial charge in [-0.05, 0) is 205 Å². The highest BCUT2D eigenvalue weighted by Crippen LogP contribution is 2.42. The van der Waals surface area contributed by atoms with Crippen LogP contribution in [0.2, 0.25) is 0 Å². The van der Waals surface area contributed by atoms with Crippen LogP contribution in [-0.2, 0) is 167 Å². The number of benzene rings is 5. The predicted octanol–water partition coefficient (Wildman–Crippen LogP) is 19.8. The van der Waals surface area contributed by atoms with Crippen LogP contribution < -0.4 is 19.6 Å². The number of Topliss-reactive ketones (excluding diaryl/α,β-unsaturated/α-hetero) is 4. The van der Waals surface area contributed by atoms with Crippen molar-refractivity contribution in [3.63, 3.8) is 0 Å². The van der Waals surface area contributed by atoms with E-state index in [4.69, 9.17) is 0 Å². The summed E-state index contributed by atoms with van der Waals surface area (Å²) in [6.07, 6.45) is 0.674. The number of anilines is 4. The zero-order valence-corrected chi connectivity index (χ0v) is 79.5. The predicted molar refractivity (Wildman–Crippen MR) is 510 cm³/mol. The Balaban J connectivity index is 0.000000150. The second-order valence-corrected chi connectivity index (χ2v) is 37.1. The summed E-state index contributed by atoms with van der Waals surface area (Å²) in [4.78, 5) is 117. The Morgan fingerprint density at radius 2 is 0.702 bits per heavy atom. The standard InChI is InChI=1S/C29H28F3N3O2S.C26H29F3N4O2.C25H27F3N4O2.C24H26F3N5O2/c1-34(21-9-3-2-4-10-21)28(37)19(15-20-18-38-26-14-8-6-11-23(20)26)16-22(36)17-35-25-13-7-5-12-24(25)27(33-35)29(30,31)32;1-31-14-8-11-20(31)15-18(25(35)32(2)19-9-4-3-5-10-19)16-21(34)17-33-23-13-7-6-12-22(23)24(30-33)26(27,28)29;1-31(19-9-3-2-4-10-19)24(34)17(14-18-8-7-13-29-18)15-20(33)16-32-22-12-6-5-11-21(22)23(30-32)25(26,27)28;1-30(18-8-3-2-4-9-18)23(34)17(15-31-13-7-12-28-31)14-19(33)16-32-21-11-6-5-10-20(21)22(29-32)24(25,26)27/h2-4,6,8-11,14,18-19H,5,7,12-13,15-17H2,1H3;3-5,8-11,14,18H,6-7,12-13,15-17H2,1-2H3;2-4,8-10,13,17H,5-7,11-12,14-16H2,1H3;2-4,7-9,12-13,17H,5-6,10-11,14-16H2,1H3/t19-;18-;2*17-/m1110/s1. The number of aliphatic imine (C=N–C) groups is 1. The first-order chi connectivity index (χ1) is 67.3. The van der Waals surface area contributed by atoms with Crippen molar-refractivity contribution in [2.24, 2.45) is 35.7 Å². The second-order valence-electron chi connectivity index (χ2n) is 36.2. The number of halogens is 12. The van der Waals surface area contributed by atoms with Crippen LogP contribution >= 0.6 is 11.3 Å². The smallest absolute Gasteiger partial charge is 0.354 e. The summed E-state index contributed by atoms with van der Waals surface area (Å²) in [5.41, 5.74) is 4.59. The molecule has 0 unspecified atom stereocenters. The summed E-state index contributed by atoms with van der Waals surface area (Å²) >= 11 is 1.58. The van der Waals surface area contributed by atoms with E-state index in [2.05, 4.69) is 30.5 Å². The van der Waals surface area contributed by atoms with Crippen LogP contribution in [0.15, 0.2) is 205 Å². The van der Waals surface area contributed by atoms with Crippen molar-refractivity contribution in [2.75, 3.05) is 47.8 Å². The number of carbonyl (C=O) groups is 8. The van der Waals surface area contributed by atoms with E-state index in [1.807, 2.05) is 163 Å². The average molecular weight is 1970 g/mol. The van der Waals surface area contributed by atoms with Gasteiger partial charge in [-0.1, -0.05) is 97.1 Å². The molecule has 744 valence electrons. The van der Waals surface area contributed by atoms with E-state index in [9.17, 15) is 91.0 Å². The van der Waals surface area contributed by atoms with Crippen LogP contribution in [-0.4, -0.2) is 135 Å². The number of allylic oxidation sites excluding steroid dienone is 2. The molecule has 0 fully saturated rings. The number of ketones is 4. The number of aryl methyl sites for hydroxylation is 1. The minimum atomic E-state index is -4.56. The fourth-order valence-corrected chi connectivity index (χ4v) is 20.2. The molecule has 8 heterocycles. The molecule has 0 spiro atoms. The number of amides is 4. The maximum atomic E-state index is 13.7. The summed E-state index contributed by atoms with van der Waals surface area (Å²) in [5.74, 6) is -4.97. The third-order valence-electron chi connectivity index (χ3n) is 26.3. The molecule has 141 heavy (non-hydrogen) atoms. The van der Waals surface area contributed by atoms with Gasteiger partial charge in [0.25, 0.3) is 0 Å². The first-order valence-electron chi connectivity index (χ1n) is 47.1. The molecule has 1 aliphatic heterocycles. The number of thiophene rings is 1. The highest BCUT2D eigenvalue weighted by Gasteiger charge is 2.45. The largest absolute Gasteiger partial charge is 0.435 e. The van der Waals surface area contributed by atoms with Gasteiger partial charge in [0.05, 0.1) is 50.5 Å². The van der Waals surface area contributed by atoms with Crippen LogP contribution in [0.3, 0.4) is 0 Å². The topological polar surface area (TPSA) is 256 Å². The highest BCUT2D eigenvalue weighted by atomic mass is 32.1. The highest BCUT2D eigenvalue weighted by molar-refractivity contribution is 7.17. The number of fused-ring (bicyclic) bond motifs is 5. The Kier molecular flexibility index (Phi) is 33.6. The lowest BCUT2D eigenvalue weighted by atomic mass is 9.92. The lowest BCUT2D eigenvalue weighted by molar-refractivity contribution is -0.143.